The molecule has 0 saturated heterocycles. The lowest BCUT2D eigenvalue weighted by molar-refractivity contribution is -0.483. The van der Waals surface area contributed by atoms with Crippen molar-refractivity contribution in [2.75, 3.05) is 6.54 Å². The zero-order valence-electron chi connectivity index (χ0n) is 9.98. The first-order valence-electron chi connectivity index (χ1n) is 5.82. The molecule has 0 aromatic heterocycles. The lowest BCUT2D eigenvalue weighted by Gasteiger charge is -2.12. The molecule has 0 aliphatic heterocycles. The molecular formula is C13H19NO2. The van der Waals surface area contributed by atoms with Crippen LogP contribution in [0.5, 0.6) is 0 Å². The van der Waals surface area contributed by atoms with Crippen LogP contribution < -0.4 is 0 Å². The molecule has 3 nitrogen and oxygen atoms in total. The van der Waals surface area contributed by atoms with Gasteiger partial charge in [-0.1, -0.05) is 49.6 Å². The van der Waals surface area contributed by atoms with Gasteiger partial charge in [-0.3, -0.25) is 10.1 Å². The molecule has 0 radical (unpaired) electrons. The first kappa shape index (κ1) is 12.7. The lowest BCUT2D eigenvalue weighted by Crippen LogP contribution is -2.12. The van der Waals surface area contributed by atoms with Crippen LogP contribution in [0.15, 0.2) is 24.3 Å². The van der Waals surface area contributed by atoms with E-state index in [4.69, 9.17) is 0 Å². The molecule has 1 unspecified atom stereocenters. The predicted molar refractivity (Wildman–Crippen MR) is 65.3 cm³/mol. The summed E-state index contributed by atoms with van der Waals surface area (Å²) in [6.45, 7) is 4.18. The van der Waals surface area contributed by atoms with Gasteiger partial charge in [0.15, 0.2) is 0 Å². The molecule has 1 aromatic rings. The Hall–Kier alpha value is -1.38. The average molecular weight is 221 g/mol. The first-order chi connectivity index (χ1) is 7.63. The summed E-state index contributed by atoms with van der Waals surface area (Å²) < 4.78 is 0. The van der Waals surface area contributed by atoms with Gasteiger partial charge in [-0.15, -0.1) is 0 Å². The maximum absolute atomic E-state index is 10.6. The molecule has 0 amide bonds. The summed E-state index contributed by atoms with van der Waals surface area (Å²) in [5.74, 6) is 0.0653. The molecular weight excluding hydrogens is 202 g/mol. The monoisotopic (exact) mass is 221 g/mol. The topological polar surface area (TPSA) is 43.1 Å². The van der Waals surface area contributed by atoms with Gasteiger partial charge in [0, 0.05) is 10.8 Å². The zero-order valence-corrected chi connectivity index (χ0v) is 9.98. The smallest absolute Gasteiger partial charge is 0.210 e. The van der Waals surface area contributed by atoms with Gasteiger partial charge in [-0.25, -0.2) is 0 Å². The van der Waals surface area contributed by atoms with Crippen molar-refractivity contribution in [3.05, 3.63) is 45.5 Å². The minimum Gasteiger partial charge on any atom is -0.265 e. The number of hydrogen-bond acceptors (Lipinski definition) is 2. The summed E-state index contributed by atoms with van der Waals surface area (Å²) in [7, 11) is 0. The van der Waals surface area contributed by atoms with Crippen LogP contribution in [0.4, 0.5) is 0 Å². The van der Waals surface area contributed by atoms with Crippen molar-refractivity contribution < 1.29 is 4.92 Å². The predicted octanol–water partition coefficient (Wildman–Crippen LogP) is 3.55. The molecule has 1 atom stereocenters. The van der Waals surface area contributed by atoms with Gasteiger partial charge in [0.2, 0.25) is 6.54 Å². The Morgan fingerprint density at radius 2 is 1.94 bits per heavy atom. The summed E-state index contributed by atoms with van der Waals surface area (Å²) in [4.78, 5) is 10.4. The summed E-state index contributed by atoms with van der Waals surface area (Å²) in [5.41, 5.74) is 2.29. The number of rotatable bonds is 6. The molecule has 1 rings (SSSR count). The van der Waals surface area contributed by atoms with Crippen LogP contribution in [0, 0.1) is 17.0 Å². The third-order valence-corrected chi connectivity index (χ3v) is 2.82. The van der Waals surface area contributed by atoms with Crippen molar-refractivity contribution in [3.8, 4) is 0 Å². The molecule has 0 aliphatic rings. The molecule has 0 heterocycles. The van der Waals surface area contributed by atoms with Crippen LogP contribution in [0.2, 0.25) is 0 Å². The Labute approximate surface area is 96.6 Å². The second kappa shape index (κ2) is 6.26. The van der Waals surface area contributed by atoms with Crippen LogP contribution in [0.1, 0.15) is 43.2 Å². The maximum Gasteiger partial charge on any atom is 0.210 e. The number of aryl methyl sites for hydroxylation is 1. The highest BCUT2D eigenvalue weighted by Crippen LogP contribution is 2.22. The van der Waals surface area contributed by atoms with Crippen molar-refractivity contribution in [2.24, 2.45) is 0 Å². The number of unbranched alkanes of at least 4 members (excludes halogenated alkanes) is 1. The molecule has 0 spiro atoms. The van der Waals surface area contributed by atoms with E-state index in [2.05, 4.69) is 6.92 Å². The lowest BCUT2D eigenvalue weighted by atomic mass is 9.93. The fraction of sp³-hybridized carbons (Fsp3) is 0.538. The van der Waals surface area contributed by atoms with Gasteiger partial charge in [-0.2, -0.15) is 0 Å². The molecule has 3 heteroatoms. The van der Waals surface area contributed by atoms with Gasteiger partial charge in [0.25, 0.3) is 0 Å². The van der Waals surface area contributed by atoms with Gasteiger partial charge in [-0.05, 0) is 18.9 Å². The van der Waals surface area contributed by atoms with E-state index in [-0.39, 0.29) is 17.4 Å². The minimum absolute atomic E-state index is 0.0447. The van der Waals surface area contributed by atoms with E-state index in [9.17, 15) is 10.1 Å². The molecule has 0 N–H and O–H groups in total. The Morgan fingerprint density at radius 3 is 2.44 bits per heavy atom. The van der Waals surface area contributed by atoms with E-state index in [1.54, 1.807) is 0 Å². The van der Waals surface area contributed by atoms with Crippen molar-refractivity contribution in [3.63, 3.8) is 0 Å². The average Bonchev–Trinajstić information content (AvgIpc) is 2.25. The largest absolute Gasteiger partial charge is 0.265 e. The van der Waals surface area contributed by atoms with Gasteiger partial charge in [0.1, 0.15) is 0 Å². The van der Waals surface area contributed by atoms with Gasteiger partial charge < -0.3 is 0 Å². The minimum atomic E-state index is -0.208. The Balaban J connectivity index is 2.74. The van der Waals surface area contributed by atoms with Crippen LogP contribution in [0.3, 0.4) is 0 Å². The van der Waals surface area contributed by atoms with Crippen LogP contribution in [-0.4, -0.2) is 11.5 Å². The fourth-order valence-electron chi connectivity index (χ4n) is 1.83. The first-order valence-corrected chi connectivity index (χ1v) is 5.82. The summed E-state index contributed by atoms with van der Waals surface area (Å²) >= 11 is 0. The number of nitrogens with zero attached hydrogens (tertiary/aromatic N) is 1. The zero-order chi connectivity index (χ0) is 12.0. The Bertz CT molecular complexity index is 332. The molecule has 0 bridgehead atoms. The van der Waals surface area contributed by atoms with Crippen molar-refractivity contribution in [1.82, 2.24) is 0 Å². The second-order valence-electron chi connectivity index (χ2n) is 4.27. The van der Waals surface area contributed by atoms with Crippen LogP contribution >= 0.6 is 0 Å². The molecule has 88 valence electrons. The molecule has 0 aliphatic carbocycles. The van der Waals surface area contributed by atoms with E-state index < -0.39 is 0 Å². The molecule has 0 saturated carbocycles. The summed E-state index contributed by atoms with van der Waals surface area (Å²) in [6, 6.07) is 8.07. The highest BCUT2D eigenvalue weighted by molar-refractivity contribution is 5.24. The van der Waals surface area contributed by atoms with E-state index in [1.165, 1.54) is 5.56 Å². The normalized spacial score (nSPS) is 12.4. The highest BCUT2D eigenvalue weighted by Gasteiger charge is 2.16. The SMILES string of the molecule is CCCCC(C[N+](=O)[O-])c1ccc(C)cc1. The molecule has 16 heavy (non-hydrogen) atoms. The third kappa shape index (κ3) is 4.01. The third-order valence-electron chi connectivity index (χ3n) is 2.82. The number of nitro groups is 1. The summed E-state index contributed by atoms with van der Waals surface area (Å²) in [6.07, 6.45) is 3.03. The van der Waals surface area contributed by atoms with Gasteiger partial charge in [0.05, 0.1) is 0 Å². The Morgan fingerprint density at radius 1 is 1.31 bits per heavy atom. The van der Waals surface area contributed by atoms with Crippen molar-refractivity contribution >= 4 is 0 Å². The highest BCUT2D eigenvalue weighted by atomic mass is 16.6. The standard InChI is InChI=1S/C13H19NO2/c1-3-4-5-13(10-14(15)16)12-8-6-11(2)7-9-12/h6-9,13H,3-5,10H2,1-2H3. The van der Waals surface area contributed by atoms with Crippen molar-refractivity contribution in [1.29, 1.82) is 0 Å². The number of benzene rings is 1. The quantitative estimate of drug-likeness (QED) is 0.544. The van der Waals surface area contributed by atoms with E-state index in [0.717, 1.165) is 24.8 Å². The molecule has 1 aromatic carbocycles. The van der Waals surface area contributed by atoms with Gasteiger partial charge >= 0.3 is 0 Å². The van der Waals surface area contributed by atoms with Crippen molar-refractivity contribution in [2.45, 2.75) is 39.0 Å². The number of hydrogen-bond donors (Lipinski definition) is 0. The maximum atomic E-state index is 10.6. The summed E-state index contributed by atoms with van der Waals surface area (Å²) in [5, 5.41) is 10.6. The molecule has 0 fully saturated rings. The van der Waals surface area contributed by atoms with E-state index in [0.29, 0.717) is 0 Å². The van der Waals surface area contributed by atoms with E-state index >= 15 is 0 Å². The fourth-order valence-corrected chi connectivity index (χ4v) is 1.83. The van der Waals surface area contributed by atoms with Crippen LogP contribution in [0.25, 0.3) is 0 Å². The van der Waals surface area contributed by atoms with E-state index in [1.807, 2.05) is 31.2 Å². The second-order valence-corrected chi connectivity index (χ2v) is 4.27. The van der Waals surface area contributed by atoms with Crippen LogP contribution in [-0.2, 0) is 0 Å². The Kier molecular flexibility index (Phi) is 4.96.